The molecule has 1 saturated carbocycles. The summed E-state index contributed by atoms with van der Waals surface area (Å²) in [6.45, 7) is 0. The highest BCUT2D eigenvalue weighted by Gasteiger charge is 2.22. The van der Waals surface area contributed by atoms with Gasteiger partial charge in [0.1, 0.15) is 22.9 Å². The Morgan fingerprint density at radius 1 is 1.22 bits per heavy atom. The minimum Gasteiger partial charge on any atom is -0.372 e. The van der Waals surface area contributed by atoms with Crippen LogP contribution in [-0.2, 0) is 6.42 Å². The van der Waals surface area contributed by atoms with Crippen LogP contribution in [0.15, 0.2) is 24.7 Å². The third-order valence-corrected chi connectivity index (χ3v) is 5.61. The van der Waals surface area contributed by atoms with Gasteiger partial charge in [-0.25, -0.2) is 15.0 Å². The summed E-state index contributed by atoms with van der Waals surface area (Å²) in [6.07, 6.45) is 10.5. The zero-order valence-corrected chi connectivity index (χ0v) is 16.0. The van der Waals surface area contributed by atoms with Crippen molar-refractivity contribution >= 4 is 34.2 Å². The number of nitrogens with zero attached hydrogens (tertiary/aromatic N) is 3. The maximum atomic E-state index is 13.1. The number of carbonyl (C=O) groups is 1. The van der Waals surface area contributed by atoms with Gasteiger partial charge in [0, 0.05) is 18.9 Å². The molecule has 3 heterocycles. The molecular weight excluding hydrogens is 362 g/mol. The molecule has 3 aromatic heterocycles. The Hall–Kier alpha value is -2.47. The quantitative estimate of drug-likeness (QED) is 0.504. The molecule has 27 heavy (non-hydrogen) atoms. The van der Waals surface area contributed by atoms with Crippen molar-refractivity contribution in [3.8, 4) is 0 Å². The number of halogens is 1. The van der Waals surface area contributed by atoms with Crippen LogP contribution in [0.25, 0.3) is 11.0 Å². The van der Waals surface area contributed by atoms with Gasteiger partial charge < -0.3 is 10.3 Å². The maximum absolute atomic E-state index is 13.1. The molecule has 2 N–H and O–H groups in total. The summed E-state index contributed by atoms with van der Waals surface area (Å²) >= 11 is 6.39. The van der Waals surface area contributed by atoms with Gasteiger partial charge in [-0.3, -0.25) is 4.79 Å². The second-order valence-electron chi connectivity index (χ2n) is 7.08. The van der Waals surface area contributed by atoms with Crippen LogP contribution in [0.5, 0.6) is 0 Å². The topological polar surface area (TPSA) is 83.6 Å². The molecule has 0 aliphatic heterocycles. The number of fused-ring (bicyclic) bond motifs is 1. The molecule has 7 heteroatoms. The monoisotopic (exact) mass is 383 g/mol. The number of nitrogens with one attached hydrogen (secondary N) is 2. The van der Waals surface area contributed by atoms with Crippen molar-refractivity contribution in [1.29, 1.82) is 0 Å². The first-order valence-electron chi connectivity index (χ1n) is 9.37. The van der Waals surface area contributed by atoms with E-state index < -0.39 is 0 Å². The second kappa shape index (κ2) is 7.64. The van der Waals surface area contributed by atoms with E-state index in [4.69, 9.17) is 11.6 Å². The van der Waals surface area contributed by atoms with E-state index >= 15 is 0 Å². The lowest BCUT2D eigenvalue weighted by atomic mass is 9.86. The van der Waals surface area contributed by atoms with Crippen LogP contribution in [0, 0.1) is 5.92 Å². The standard InChI is InChI=1S/C20H22ClN5O/c1-22-19-16-15(10-23-20(16)25-11-24-19)17(27)14-8-7-13(26-18(14)21)9-12-5-3-2-4-6-12/h7-8,10-12H,2-6,9H2,1H3,(H2,22,23,24,25). The Morgan fingerprint density at radius 3 is 2.78 bits per heavy atom. The van der Waals surface area contributed by atoms with Gasteiger partial charge in [0.25, 0.3) is 0 Å². The number of hydrogen-bond donors (Lipinski definition) is 2. The van der Waals surface area contributed by atoms with Gasteiger partial charge in [0.2, 0.25) is 0 Å². The van der Waals surface area contributed by atoms with Crippen molar-refractivity contribution in [2.45, 2.75) is 38.5 Å². The largest absolute Gasteiger partial charge is 0.372 e. The lowest BCUT2D eigenvalue weighted by Gasteiger charge is -2.21. The molecular formula is C20H22ClN5O. The van der Waals surface area contributed by atoms with Gasteiger partial charge in [0.05, 0.1) is 16.5 Å². The van der Waals surface area contributed by atoms with E-state index in [0.29, 0.717) is 33.9 Å². The summed E-state index contributed by atoms with van der Waals surface area (Å²) in [4.78, 5) is 29.0. The van der Waals surface area contributed by atoms with Gasteiger partial charge >= 0.3 is 0 Å². The molecule has 1 aliphatic carbocycles. The number of ketones is 1. The summed E-state index contributed by atoms with van der Waals surface area (Å²) in [5.41, 5.74) is 2.45. The SMILES string of the molecule is CNc1ncnc2[nH]cc(C(=O)c3ccc(CC4CCCCC4)nc3Cl)c12. The smallest absolute Gasteiger partial charge is 0.198 e. The predicted molar refractivity (Wildman–Crippen MR) is 106 cm³/mol. The third-order valence-electron chi connectivity index (χ3n) is 5.32. The van der Waals surface area contributed by atoms with Crippen LogP contribution in [0.3, 0.4) is 0 Å². The van der Waals surface area contributed by atoms with Crippen molar-refractivity contribution in [3.63, 3.8) is 0 Å². The van der Waals surface area contributed by atoms with Crippen LogP contribution in [0.1, 0.15) is 53.7 Å². The Bertz CT molecular complexity index is 978. The summed E-state index contributed by atoms with van der Waals surface area (Å²) in [5, 5.41) is 3.91. The molecule has 1 fully saturated rings. The normalized spacial score (nSPS) is 15.2. The van der Waals surface area contributed by atoms with Crippen molar-refractivity contribution < 1.29 is 4.79 Å². The summed E-state index contributed by atoms with van der Waals surface area (Å²) < 4.78 is 0. The number of pyridine rings is 1. The summed E-state index contributed by atoms with van der Waals surface area (Å²) in [7, 11) is 1.76. The fourth-order valence-corrected chi connectivity index (χ4v) is 4.18. The van der Waals surface area contributed by atoms with E-state index in [1.54, 1.807) is 19.3 Å². The van der Waals surface area contributed by atoms with Gasteiger partial charge in [0.15, 0.2) is 5.78 Å². The summed E-state index contributed by atoms with van der Waals surface area (Å²) in [6, 6.07) is 3.72. The van der Waals surface area contributed by atoms with Crippen LogP contribution in [-0.4, -0.2) is 32.8 Å². The Balaban J connectivity index is 1.62. The molecule has 1 aliphatic rings. The van der Waals surface area contributed by atoms with E-state index in [2.05, 4.69) is 25.3 Å². The van der Waals surface area contributed by atoms with E-state index in [9.17, 15) is 4.79 Å². The Labute approximate surface area is 162 Å². The minimum absolute atomic E-state index is 0.186. The number of hydrogen-bond acceptors (Lipinski definition) is 5. The third kappa shape index (κ3) is 3.54. The fourth-order valence-electron chi connectivity index (χ4n) is 3.92. The van der Waals surface area contributed by atoms with Crippen LogP contribution in [0.4, 0.5) is 5.82 Å². The zero-order valence-electron chi connectivity index (χ0n) is 15.3. The number of carbonyl (C=O) groups excluding carboxylic acids is 1. The van der Waals surface area contributed by atoms with Gasteiger partial charge in [-0.15, -0.1) is 0 Å². The van der Waals surface area contributed by atoms with Gasteiger partial charge in [-0.1, -0.05) is 43.7 Å². The highest BCUT2D eigenvalue weighted by atomic mass is 35.5. The number of rotatable bonds is 5. The zero-order chi connectivity index (χ0) is 18.8. The van der Waals surface area contributed by atoms with Crippen molar-refractivity contribution in [2.75, 3.05) is 12.4 Å². The minimum atomic E-state index is -0.186. The molecule has 0 radical (unpaired) electrons. The molecule has 140 valence electrons. The van der Waals surface area contributed by atoms with Crippen molar-refractivity contribution in [3.05, 3.63) is 46.6 Å². The maximum Gasteiger partial charge on any atom is 0.198 e. The second-order valence-corrected chi connectivity index (χ2v) is 7.43. The number of aromatic amines is 1. The average Bonchev–Trinajstić information content (AvgIpc) is 3.13. The first kappa shape index (κ1) is 17.9. The van der Waals surface area contributed by atoms with E-state index in [-0.39, 0.29) is 10.9 Å². The molecule has 0 bridgehead atoms. The Morgan fingerprint density at radius 2 is 2.04 bits per heavy atom. The molecule has 0 atom stereocenters. The number of aromatic nitrogens is 4. The molecule has 0 saturated heterocycles. The highest BCUT2D eigenvalue weighted by Crippen LogP contribution is 2.29. The first-order chi connectivity index (χ1) is 13.2. The van der Waals surface area contributed by atoms with E-state index in [1.165, 1.54) is 38.4 Å². The Kier molecular flexibility index (Phi) is 5.07. The van der Waals surface area contributed by atoms with E-state index in [0.717, 1.165) is 12.1 Å². The number of anilines is 1. The molecule has 0 amide bonds. The molecule has 0 spiro atoms. The molecule has 3 aromatic rings. The molecule has 0 unspecified atom stereocenters. The van der Waals surface area contributed by atoms with Crippen molar-refractivity contribution in [2.24, 2.45) is 5.92 Å². The summed E-state index contributed by atoms with van der Waals surface area (Å²) in [5.74, 6) is 1.09. The van der Waals surface area contributed by atoms with Gasteiger partial charge in [-0.2, -0.15) is 0 Å². The van der Waals surface area contributed by atoms with Crippen molar-refractivity contribution in [1.82, 2.24) is 19.9 Å². The first-order valence-corrected chi connectivity index (χ1v) is 9.75. The van der Waals surface area contributed by atoms with Crippen LogP contribution in [0.2, 0.25) is 5.15 Å². The highest BCUT2D eigenvalue weighted by molar-refractivity contribution is 6.34. The lowest BCUT2D eigenvalue weighted by molar-refractivity contribution is 0.104. The average molecular weight is 384 g/mol. The molecule has 0 aromatic carbocycles. The van der Waals surface area contributed by atoms with Crippen LogP contribution >= 0.6 is 11.6 Å². The predicted octanol–water partition coefficient (Wildman–Crippen LogP) is 4.40. The van der Waals surface area contributed by atoms with Crippen LogP contribution < -0.4 is 5.32 Å². The lowest BCUT2D eigenvalue weighted by Crippen LogP contribution is -2.11. The number of H-pyrrole nitrogens is 1. The van der Waals surface area contributed by atoms with Gasteiger partial charge in [-0.05, 0) is 24.5 Å². The van der Waals surface area contributed by atoms with E-state index in [1.807, 2.05) is 6.07 Å². The molecule has 4 rings (SSSR count). The molecule has 6 nitrogen and oxygen atoms in total. The fraction of sp³-hybridized carbons (Fsp3) is 0.400.